The van der Waals surface area contributed by atoms with Crippen LogP contribution in [0.4, 0.5) is 0 Å². The fourth-order valence-electron chi connectivity index (χ4n) is 3.17. The zero-order valence-electron chi connectivity index (χ0n) is 15.4. The van der Waals surface area contributed by atoms with Gasteiger partial charge in [-0.2, -0.15) is 5.10 Å². The third-order valence-electron chi connectivity index (χ3n) is 4.61. The minimum Gasteiger partial charge on any atom is -0.376 e. The Kier molecular flexibility index (Phi) is 5.83. The lowest BCUT2D eigenvalue weighted by molar-refractivity contribution is 0.00211. The second-order valence-electron chi connectivity index (χ2n) is 6.64. The van der Waals surface area contributed by atoms with Crippen LogP contribution in [0.15, 0.2) is 41.2 Å². The van der Waals surface area contributed by atoms with Crippen molar-refractivity contribution in [2.45, 2.75) is 32.3 Å². The Labute approximate surface area is 153 Å². The van der Waals surface area contributed by atoms with E-state index >= 15 is 0 Å². The number of likely N-dealkylation sites (tertiary alicyclic amines) is 1. The molecule has 1 aromatic heterocycles. The van der Waals surface area contributed by atoms with Crippen molar-refractivity contribution in [2.75, 3.05) is 19.7 Å². The smallest absolute Gasteiger partial charge is 0.266 e. The van der Waals surface area contributed by atoms with Crippen LogP contribution in [0.5, 0.6) is 0 Å². The lowest BCUT2D eigenvalue weighted by Crippen LogP contribution is -2.43. The molecule has 0 saturated carbocycles. The molecule has 3 rings (SSSR count). The quantitative estimate of drug-likeness (QED) is 0.826. The van der Waals surface area contributed by atoms with Gasteiger partial charge in [-0.3, -0.25) is 9.59 Å². The molecule has 0 N–H and O–H groups in total. The van der Waals surface area contributed by atoms with Gasteiger partial charge in [-0.05, 0) is 37.5 Å². The molecule has 1 amide bonds. The van der Waals surface area contributed by atoms with Crippen molar-refractivity contribution in [3.63, 3.8) is 0 Å². The second kappa shape index (κ2) is 8.27. The average Bonchev–Trinajstić information content (AvgIpc) is 2.68. The zero-order valence-corrected chi connectivity index (χ0v) is 15.4. The van der Waals surface area contributed by atoms with Gasteiger partial charge in [-0.25, -0.2) is 4.68 Å². The molecule has 0 radical (unpaired) electrons. The van der Waals surface area contributed by atoms with Gasteiger partial charge in [0.15, 0.2) is 0 Å². The van der Waals surface area contributed by atoms with Crippen LogP contribution in [0.1, 0.15) is 36.5 Å². The van der Waals surface area contributed by atoms with Crippen molar-refractivity contribution in [1.82, 2.24) is 14.7 Å². The van der Waals surface area contributed by atoms with Gasteiger partial charge in [0, 0.05) is 43.9 Å². The summed E-state index contributed by atoms with van der Waals surface area (Å²) in [6.45, 7) is 4.26. The van der Waals surface area contributed by atoms with Crippen molar-refractivity contribution < 1.29 is 9.53 Å². The Balaban J connectivity index is 1.70. The number of amides is 1. The van der Waals surface area contributed by atoms with E-state index in [1.54, 1.807) is 13.1 Å². The number of carbonyl (C=O) groups is 1. The maximum atomic E-state index is 12.8. The van der Waals surface area contributed by atoms with E-state index in [0.717, 1.165) is 38.0 Å². The molecule has 6 heteroatoms. The van der Waals surface area contributed by atoms with Crippen molar-refractivity contribution in [3.8, 4) is 11.3 Å². The van der Waals surface area contributed by atoms with Crippen molar-refractivity contribution in [3.05, 3.63) is 52.3 Å². The van der Waals surface area contributed by atoms with E-state index in [1.165, 1.54) is 10.7 Å². The highest BCUT2D eigenvalue weighted by molar-refractivity contribution is 5.94. The minimum atomic E-state index is -0.148. The molecule has 1 aromatic carbocycles. The molecule has 1 aliphatic rings. The molecule has 26 heavy (non-hydrogen) atoms. The molecular formula is C20H25N3O3. The molecule has 0 spiro atoms. The molecule has 1 atom stereocenters. The fraction of sp³-hybridized carbons (Fsp3) is 0.450. The monoisotopic (exact) mass is 355 g/mol. The van der Waals surface area contributed by atoms with Gasteiger partial charge in [-0.1, -0.05) is 19.1 Å². The van der Waals surface area contributed by atoms with Crippen LogP contribution in [0.3, 0.4) is 0 Å². The van der Waals surface area contributed by atoms with E-state index in [4.69, 9.17) is 4.74 Å². The van der Waals surface area contributed by atoms with Gasteiger partial charge in [0.05, 0.1) is 11.8 Å². The molecule has 2 aromatic rings. The van der Waals surface area contributed by atoms with Crippen LogP contribution in [0.2, 0.25) is 0 Å². The second-order valence-corrected chi connectivity index (χ2v) is 6.64. The summed E-state index contributed by atoms with van der Waals surface area (Å²) in [5, 5.41) is 4.24. The number of ether oxygens (including phenoxy) is 1. The van der Waals surface area contributed by atoms with Crippen molar-refractivity contribution >= 4 is 5.91 Å². The fourth-order valence-corrected chi connectivity index (χ4v) is 3.17. The topological polar surface area (TPSA) is 64.4 Å². The molecule has 6 nitrogen and oxygen atoms in total. The molecule has 1 fully saturated rings. The lowest BCUT2D eigenvalue weighted by Gasteiger charge is -2.32. The Morgan fingerprint density at radius 1 is 1.23 bits per heavy atom. The van der Waals surface area contributed by atoms with Crippen LogP contribution in [-0.2, 0) is 11.8 Å². The van der Waals surface area contributed by atoms with Gasteiger partial charge >= 0.3 is 0 Å². The van der Waals surface area contributed by atoms with E-state index in [9.17, 15) is 9.59 Å². The maximum absolute atomic E-state index is 12.8. The third-order valence-corrected chi connectivity index (χ3v) is 4.61. The SMILES string of the molecule is CCCO[C@H]1CCCN(C(=O)c2ccc(-c3ccc(=O)n(C)n3)cc2)C1. The van der Waals surface area contributed by atoms with Crippen LogP contribution < -0.4 is 5.56 Å². The van der Waals surface area contributed by atoms with E-state index in [2.05, 4.69) is 12.0 Å². The summed E-state index contributed by atoms with van der Waals surface area (Å²) in [6, 6.07) is 10.6. The van der Waals surface area contributed by atoms with Gasteiger partial charge in [0.25, 0.3) is 11.5 Å². The van der Waals surface area contributed by atoms with Gasteiger partial charge in [0.1, 0.15) is 0 Å². The largest absolute Gasteiger partial charge is 0.376 e. The standard InChI is InChI=1S/C20H25N3O3/c1-3-13-26-17-5-4-12-23(14-17)20(25)16-8-6-15(7-9-16)18-10-11-19(24)22(2)21-18/h6-11,17H,3-5,12-14H2,1-2H3/t17-/m0/s1. The molecule has 2 heterocycles. The summed E-state index contributed by atoms with van der Waals surface area (Å²) in [5.41, 5.74) is 2.09. The molecule has 1 saturated heterocycles. The Bertz CT molecular complexity index is 814. The molecule has 1 aliphatic heterocycles. The number of hydrogen-bond acceptors (Lipinski definition) is 4. The number of aryl methyl sites for hydroxylation is 1. The minimum absolute atomic E-state index is 0.0368. The Hall–Kier alpha value is -2.47. The van der Waals surface area contributed by atoms with Crippen LogP contribution in [-0.4, -0.2) is 46.4 Å². The summed E-state index contributed by atoms with van der Waals surface area (Å²) in [7, 11) is 1.62. The number of rotatable bonds is 5. The molecule has 0 bridgehead atoms. The van der Waals surface area contributed by atoms with E-state index < -0.39 is 0 Å². The number of carbonyl (C=O) groups excluding carboxylic acids is 1. The summed E-state index contributed by atoms with van der Waals surface area (Å²) in [6.07, 6.45) is 3.12. The first-order chi connectivity index (χ1) is 12.6. The van der Waals surface area contributed by atoms with E-state index in [1.807, 2.05) is 29.2 Å². The number of aromatic nitrogens is 2. The van der Waals surface area contributed by atoms with Gasteiger partial charge in [0.2, 0.25) is 0 Å². The summed E-state index contributed by atoms with van der Waals surface area (Å²) in [4.78, 5) is 26.1. The highest BCUT2D eigenvalue weighted by Gasteiger charge is 2.24. The number of benzene rings is 1. The lowest BCUT2D eigenvalue weighted by atomic mass is 10.0. The first-order valence-electron chi connectivity index (χ1n) is 9.14. The molecule has 0 aliphatic carbocycles. The third kappa shape index (κ3) is 4.19. The zero-order chi connectivity index (χ0) is 18.5. The van der Waals surface area contributed by atoms with Crippen LogP contribution >= 0.6 is 0 Å². The van der Waals surface area contributed by atoms with E-state index in [0.29, 0.717) is 17.8 Å². The molecular weight excluding hydrogens is 330 g/mol. The predicted octanol–water partition coefficient (Wildman–Crippen LogP) is 2.48. The molecule has 0 unspecified atom stereocenters. The maximum Gasteiger partial charge on any atom is 0.266 e. The number of hydrogen-bond donors (Lipinski definition) is 0. The number of piperidine rings is 1. The Morgan fingerprint density at radius 3 is 2.69 bits per heavy atom. The first-order valence-corrected chi connectivity index (χ1v) is 9.14. The summed E-state index contributed by atoms with van der Waals surface area (Å²) < 4.78 is 7.12. The van der Waals surface area contributed by atoms with Crippen molar-refractivity contribution in [2.24, 2.45) is 7.05 Å². The van der Waals surface area contributed by atoms with Gasteiger partial charge < -0.3 is 9.64 Å². The molecule has 138 valence electrons. The Morgan fingerprint density at radius 2 is 2.00 bits per heavy atom. The van der Waals surface area contributed by atoms with Crippen molar-refractivity contribution in [1.29, 1.82) is 0 Å². The average molecular weight is 355 g/mol. The predicted molar refractivity (Wildman–Crippen MR) is 100 cm³/mol. The van der Waals surface area contributed by atoms with E-state index in [-0.39, 0.29) is 17.6 Å². The van der Waals surface area contributed by atoms with Crippen LogP contribution in [0.25, 0.3) is 11.3 Å². The highest BCUT2D eigenvalue weighted by Crippen LogP contribution is 2.19. The number of nitrogens with zero attached hydrogens (tertiary/aromatic N) is 3. The van der Waals surface area contributed by atoms with Gasteiger partial charge in [-0.15, -0.1) is 0 Å². The summed E-state index contributed by atoms with van der Waals surface area (Å²) in [5.74, 6) is 0.0368. The normalized spacial score (nSPS) is 17.3. The first kappa shape index (κ1) is 18.3. The van der Waals surface area contributed by atoms with Crippen LogP contribution in [0, 0.1) is 0 Å². The highest BCUT2D eigenvalue weighted by atomic mass is 16.5. The summed E-state index contributed by atoms with van der Waals surface area (Å²) >= 11 is 0.